The monoisotopic (exact) mass is 197 g/mol. The number of aromatic carboxylic acids is 2. The Morgan fingerprint density at radius 3 is 2.21 bits per heavy atom. The lowest BCUT2D eigenvalue weighted by Crippen LogP contribution is -2.04. The molecule has 1 heterocycles. The summed E-state index contributed by atoms with van der Waals surface area (Å²) in [6.07, 6.45) is 0.383. The second-order valence-electron chi connectivity index (χ2n) is 2.94. The summed E-state index contributed by atoms with van der Waals surface area (Å²) in [6.45, 7) is 3.27. The third-order valence-corrected chi connectivity index (χ3v) is 2.07. The lowest BCUT2D eigenvalue weighted by molar-refractivity contribution is 0.0687. The number of hydrogen-bond acceptors (Lipinski definition) is 2. The summed E-state index contributed by atoms with van der Waals surface area (Å²) in [6, 6.07) is 0. The van der Waals surface area contributed by atoms with Gasteiger partial charge in [0.25, 0.3) is 0 Å². The zero-order chi connectivity index (χ0) is 10.9. The van der Waals surface area contributed by atoms with Crippen LogP contribution in [-0.2, 0) is 6.42 Å². The van der Waals surface area contributed by atoms with Gasteiger partial charge in [-0.25, -0.2) is 9.59 Å². The molecule has 0 aliphatic heterocycles. The number of hydrogen-bond donors (Lipinski definition) is 3. The van der Waals surface area contributed by atoms with Gasteiger partial charge in [-0.05, 0) is 18.9 Å². The molecule has 76 valence electrons. The maximum Gasteiger partial charge on any atom is 0.352 e. The summed E-state index contributed by atoms with van der Waals surface area (Å²) >= 11 is 0. The van der Waals surface area contributed by atoms with Crippen LogP contribution < -0.4 is 0 Å². The van der Waals surface area contributed by atoms with Crippen LogP contribution in [0.5, 0.6) is 0 Å². The van der Waals surface area contributed by atoms with E-state index < -0.39 is 11.9 Å². The Balaban J connectivity index is 3.43. The SMILES string of the molecule is CCc1c(C(=O)O)[nH]c(C)c1C(=O)O. The predicted octanol–water partition coefficient (Wildman–Crippen LogP) is 1.28. The summed E-state index contributed by atoms with van der Waals surface area (Å²) in [5.41, 5.74) is 0.779. The van der Waals surface area contributed by atoms with Crippen molar-refractivity contribution in [2.24, 2.45) is 0 Å². The molecule has 1 aromatic heterocycles. The van der Waals surface area contributed by atoms with Gasteiger partial charge in [0.1, 0.15) is 5.69 Å². The quantitative estimate of drug-likeness (QED) is 0.680. The molecule has 0 amide bonds. The van der Waals surface area contributed by atoms with Crippen molar-refractivity contribution in [1.82, 2.24) is 4.98 Å². The first-order chi connectivity index (χ1) is 6.49. The second-order valence-corrected chi connectivity index (χ2v) is 2.94. The lowest BCUT2D eigenvalue weighted by atomic mass is 10.1. The van der Waals surface area contributed by atoms with Gasteiger partial charge in [-0.1, -0.05) is 6.92 Å². The Morgan fingerprint density at radius 2 is 1.86 bits per heavy atom. The zero-order valence-corrected chi connectivity index (χ0v) is 7.92. The molecule has 0 spiro atoms. The number of aromatic nitrogens is 1. The summed E-state index contributed by atoms with van der Waals surface area (Å²) in [5, 5.41) is 17.7. The molecule has 3 N–H and O–H groups in total. The molecule has 0 saturated heterocycles. The van der Waals surface area contributed by atoms with Crippen molar-refractivity contribution in [2.75, 3.05) is 0 Å². The summed E-state index contributed by atoms with van der Waals surface area (Å²) in [7, 11) is 0. The summed E-state index contributed by atoms with van der Waals surface area (Å²) in [4.78, 5) is 24.1. The molecule has 0 aromatic carbocycles. The number of carbonyl (C=O) groups is 2. The standard InChI is InChI=1S/C9H11NO4/c1-3-5-6(8(11)12)4(2)10-7(5)9(13)14/h10H,3H2,1-2H3,(H,11,12)(H,13,14). The molecule has 0 unspecified atom stereocenters. The van der Waals surface area contributed by atoms with E-state index in [1.165, 1.54) is 0 Å². The number of aromatic amines is 1. The molecule has 0 radical (unpaired) electrons. The number of rotatable bonds is 3. The van der Waals surface area contributed by atoms with E-state index in [0.29, 0.717) is 17.7 Å². The molecule has 14 heavy (non-hydrogen) atoms. The molecule has 1 aromatic rings. The minimum atomic E-state index is -1.13. The molecule has 0 atom stereocenters. The molecule has 5 heteroatoms. The maximum absolute atomic E-state index is 10.8. The van der Waals surface area contributed by atoms with E-state index in [9.17, 15) is 9.59 Å². The van der Waals surface area contributed by atoms with Crippen molar-refractivity contribution in [2.45, 2.75) is 20.3 Å². The van der Waals surface area contributed by atoms with E-state index in [2.05, 4.69) is 4.98 Å². The molecule has 0 saturated carbocycles. The van der Waals surface area contributed by atoms with Crippen LogP contribution in [0.2, 0.25) is 0 Å². The van der Waals surface area contributed by atoms with Crippen LogP contribution in [0.15, 0.2) is 0 Å². The van der Waals surface area contributed by atoms with Crippen molar-refractivity contribution >= 4 is 11.9 Å². The molecule has 0 aliphatic rings. The largest absolute Gasteiger partial charge is 0.478 e. The third kappa shape index (κ3) is 1.48. The van der Waals surface area contributed by atoms with Gasteiger partial charge in [-0.3, -0.25) is 0 Å². The number of carboxylic acid groups (broad SMARTS) is 2. The van der Waals surface area contributed by atoms with E-state index in [1.807, 2.05) is 0 Å². The lowest BCUT2D eigenvalue weighted by Gasteiger charge is -1.97. The van der Waals surface area contributed by atoms with Crippen LogP contribution in [0.25, 0.3) is 0 Å². The smallest absolute Gasteiger partial charge is 0.352 e. The van der Waals surface area contributed by atoms with Crippen LogP contribution in [0, 0.1) is 6.92 Å². The highest BCUT2D eigenvalue weighted by molar-refractivity contribution is 5.97. The average molecular weight is 197 g/mol. The Hall–Kier alpha value is -1.78. The number of nitrogens with one attached hydrogen (secondary N) is 1. The highest BCUT2D eigenvalue weighted by Crippen LogP contribution is 2.19. The van der Waals surface area contributed by atoms with E-state index in [4.69, 9.17) is 10.2 Å². The first kappa shape index (κ1) is 10.3. The van der Waals surface area contributed by atoms with Gasteiger partial charge < -0.3 is 15.2 Å². The maximum atomic E-state index is 10.8. The van der Waals surface area contributed by atoms with Crippen molar-refractivity contribution in [3.8, 4) is 0 Å². The first-order valence-electron chi connectivity index (χ1n) is 4.17. The highest BCUT2D eigenvalue weighted by Gasteiger charge is 2.22. The van der Waals surface area contributed by atoms with Crippen molar-refractivity contribution < 1.29 is 19.8 Å². The predicted molar refractivity (Wildman–Crippen MR) is 48.8 cm³/mol. The van der Waals surface area contributed by atoms with Crippen molar-refractivity contribution in [1.29, 1.82) is 0 Å². The van der Waals surface area contributed by atoms with E-state index in [1.54, 1.807) is 13.8 Å². The minimum absolute atomic E-state index is 0.0256. The van der Waals surface area contributed by atoms with Crippen molar-refractivity contribution in [3.05, 3.63) is 22.5 Å². The molecule has 0 aliphatic carbocycles. The molecular weight excluding hydrogens is 186 g/mol. The van der Waals surface area contributed by atoms with Crippen LogP contribution in [0.3, 0.4) is 0 Å². The van der Waals surface area contributed by atoms with E-state index in [0.717, 1.165) is 0 Å². The second kappa shape index (κ2) is 3.53. The fraction of sp³-hybridized carbons (Fsp3) is 0.333. The number of aryl methyl sites for hydroxylation is 1. The zero-order valence-electron chi connectivity index (χ0n) is 7.92. The molecule has 5 nitrogen and oxygen atoms in total. The Kier molecular flexibility index (Phi) is 2.60. The Morgan fingerprint density at radius 1 is 1.29 bits per heavy atom. The highest BCUT2D eigenvalue weighted by atomic mass is 16.4. The van der Waals surface area contributed by atoms with Gasteiger partial charge in [0.15, 0.2) is 0 Å². The topological polar surface area (TPSA) is 90.4 Å². The van der Waals surface area contributed by atoms with E-state index in [-0.39, 0.29) is 11.3 Å². The van der Waals surface area contributed by atoms with Gasteiger partial charge >= 0.3 is 11.9 Å². The third-order valence-electron chi connectivity index (χ3n) is 2.07. The van der Waals surface area contributed by atoms with Crippen LogP contribution in [0.1, 0.15) is 39.0 Å². The Bertz CT molecular complexity index is 392. The normalized spacial score (nSPS) is 10.1. The van der Waals surface area contributed by atoms with Gasteiger partial charge in [0, 0.05) is 5.69 Å². The molecular formula is C9H11NO4. The van der Waals surface area contributed by atoms with Gasteiger partial charge in [0.2, 0.25) is 0 Å². The minimum Gasteiger partial charge on any atom is -0.478 e. The Labute approximate surface area is 80.4 Å². The van der Waals surface area contributed by atoms with Gasteiger partial charge in [0.05, 0.1) is 5.56 Å². The van der Waals surface area contributed by atoms with Crippen LogP contribution >= 0.6 is 0 Å². The number of H-pyrrole nitrogens is 1. The first-order valence-corrected chi connectivity index (χ1v) is 4.17. The fourth-order valence-corrected chi connectivity index (χ4v) is 1.50. The molecule has 0 fully saturated rings. The van der Waals surface area contributed by atoms with Crippen LogP contribution in [-0.4, -0.2) is 27.1 Å². The van der Waals surface area contributed by atoms with Crippen molar-refractivity contribution in [3.63, 3.8) is 0 Å². The van der Waals surface area contributed by atoms with Crippen LogP contribution in [0.4, 0.5) is 0 Å². The molecule has 1 rings (SSSR count). The summed E-state index contributed by atoms with van der Waals surface area (Å²) < 4.78 is 0. The fourth-order valence-electron chi connectivity index (χ4n) is 1.50. The molecule has 0 bridgehead atoms. The average Bonchev–Trinajstić information content (AvgIpc) is 2.41. The summed E-state index contributed by atoms with van der Waals surface area (Å²) in [5.74, 6) is -2.22. The van der Waals surface area contributed by atoms with Gasteiger partial charge in [-0.15, -0.1) is 0 Å². The van der Waals surface area contributed by atoms with Gasteiger partial charge in [-0.2, -0.15) is 0 Å². The van der Waals surface area contributed by atoms with E-state index >= 15 is 0 Å². The number of carboxylic acids is 2.